The Morgan fingerprint density at radius 1 is 1.27 bits per heavy atom. The summed E-state index contributed by atoms with van der Waals surface area (Å²) < 4.78 is 10.2. The van der Waals surface area contributed by atoms with Crippen LogP contribution in [0.3, 0.4) is 0 Å². The number of nitrogens with zero attached hydrogens (tertiary/aromatic N) is 1. The molecule has 26 heavy (non-hydrogen) atoms. The van der Waals surface area contributed by atoms with Crippen LogP contribution in [-0.2, 0) is 14.3 Å². The van der Waals surface area contributed by atoms with E-state index in [1.807, 2.05) is 0 Å². The lowest BCUT2D eigenvalue weighted by Gasteiger charge is -2.37. The number of esters is 1. The molecule has 8 nitrogen and oxygen atoms in total. The average Bonchev–Trinajstić information content (AvgIpc) is 2.52. The molecule has 0 spiro atoms. The zero-order valence-corrected chi connectivity index (χ0v) is 16.0. The van der Waals surface area contributed by atoms with Gasteiger partial charge in [-0.25, -0.2) is 14.4 Å². The van der Waals surface area contributed by atoms with Crippen molar-refractivity contribution in [3.05, 3.63) is 12.7 Å². The molecule has 1 rings (SSSR count). The van der Waals surface area contributed by atoms with Crippen LogP contribution in [0.15, 0.2) is 12.7 Å². The maximum absolute atomic E-state index is 12.5. The number of hydrogen-bond acceptors (Lipinski definition) is 5. The number of carbonyl (C=O) groups excluding carboxylic acids is 2. The largest absolute Gasteiger partial charge is 0.467 e. The van der Waals surface area contributed by atoms with Crippen LogP contribution in [0.1, 0.15) is 46.5 Å². The highest BCUT2D eigenvalue weighted by atomic mass is 16.6. The normalized spacial score (nSPS) is 17.8. The molecule has 1 aliphatic rings. The van der Waals surface area contributed by atoms with Crippen molar-refractivity contribution in [3.8, 4) is 0 Å². The summed E-state index contributed by atoms with van der Waals surface area (Å²) in [7, 11) is 1.27. The molecule has 1 saturated heterocycles. The van der Waals surface area contributed by atoms with Gasteiger partial charge in [-0.05, 0) is 52.4 Å². The number of hydrogen-bond donors (Lipinski definition) is 2. The number of ether oxygens (including phenoxy) is 2. The quantitative estimate of drug-likeness (QED) is 0.550. The van der Waals surface area contributed by atoms with Gasteiger partial charge in [0, 0.05) is 13.1 Å². The molecule has 8 heteroatoms. The van der Waals surface area contributed by atoms with Gasteiger partial charge in [0.15, 0.2) is 0 Å². The lowest BCUT2D eigenvalue weighted by atomic mass is 9.80. The minimum atomic E-state index is -1.28. The van der Waals surface area contributed by atoms with Crippen LogP contribution in [0, 0.1) is 5.92 Å². The van der Waals surface area contributed by atoms with Crippen molar-refractivity contribution in [2.45, 2.75) is 57.6 Å². The van der Waals surface area contributed by atoms with E-state index in [9.17, 15) is 14.4 Å². The van der Waals surface area contributed by atoms with Gasteiger partial charge < -0.3 is 24.8 Å². The van der Waals surface area contributed by atoms with Crippen molar-refractivity contribution < 1.29 is 29.0 Å². The maximum atomic E-state index is 12.5. The maximum Gasteiger partial charge on any atom is 0.408 e. The van der Waals surface area contributed by atoms with E-state index < -0.39 is 29.3 Å². The van der Waals surface area contributed by atoms with Crippen LogP contribution in [0.25, 0.3) is 0 Å². The zero-order valence-electron chi connectivity index (χ0n) is 16.0. The van der Waals surface area contributed by atoms with Gasteiger partial charge in [-0.15, -0.1) is 6.58 Å². The second kappa shape index (κ2) is 8.91. The molecule has 0 bridgehead atoms. The van der Waals surface area contributed by atoms with E-state index in [2.05, 4.69) is 11.9 Å². The smallest absolute Gasteiger partial charge is 0.408 e. The Morgan fingerprint density at radius 2 is 1.85 bits per heavy atom. The monoisotopic (exact) mass is 370 g/mol. The molecule has 2 amide bonds. The molecular weight excluding hydrogens is 340 g/mol. The van der Waals surface area contributed by atoms with Gasteiger partial charge in [-0.3, -0.25) is 0 Å². The van der Waals surface area contributed by atoms with Crippen LogP contribution in [0.5, 0.6) is 0 Å². The average molecular weight is 370 g/mol. The van der Waals surface area contributed by atoms with E-state index >= 15 is 0 Å². The standard InChI is InChI=1S/C18H30N2O6/c1-6-9-18(14(21)25-5,19-15(22)26-17(2,3)4)12-13-7-10-20(11-8-13)16(23)24/h6,13H,1,7-12H2,2-5H3,(H,19,22)(H,23,24)/t18-/m0/s1. The Bertz CT molecular complexity index is 534. The van der Waals surface area contributed by atoms with E-state index in [0.717, 1.165) is 0 Å². The fraction of sp³-hybridized carbons (Fsp3) is 0.722. The van der Waals surface area contributed by atoms with E-state index in [0.29, 0.717) is 32.4 Å². The number of nitrogens with one attached hydrogen (secondary N) is 1. The Balaban J connectivity index is 2.93. The summed E-state index contributed by atoms with van der Waals surface area (Å²) in [6.45, 7) is 9.70. The predicted molar refractivity (Wildman–Crippen MR) is 95.9 cm³/mol. The molecule has 0 aromatic carbocycles. The molecule has 1 atom stereocenters. The minimum Gasteiger partial charge on any atom is -0.467 e. The van der Waals surface area contributed by atoms with Gasteiger partial charge in [0.2, 0.25) is 0 Å². The van der Waals surface area contributed by atoms with E-state index in [4.69, 9.17) is 14.6 Å². The van der Waals surface area contributed by atoms with Crippen LogP contribution < -0.4 is 5.32 Å². The zero-order chi connectivity index (χ0) is 20.0. The third-order valence-corrected chi connectivity index (χ3v) is 4.33. The summed E-state index contributed by atoms with van der Waals surface area (Å²) in [4.78, 5) is 37.2. The number of alkyl carbamates (subject to hydrolysis) is 1. The molecule has 148 valence electrons. The number of likely N-dealkylation sites (tertiary alicyclic amines) is 1. The van der Waals surface area contributed by atoms with Crippen molar-refractivity contribution in [2.75, 3.05) is 20.2 Å². The SMILES string of the molecule is C=CC[C@@](CC1CCN(C(=O)O)CC1)(NC(=O)OC(C)(C)C)C(=O)OC. The van der Waals surface area contributed by atoms with Crippen LogP contribution in [0.4, 0.5) is 9.59 Å². The lowest BCUT2D eigenvalue weighted by Crippen LogP contribution is -2.57. The summed E-state index contributed by atoms with van der Waals surface area (Å²) in [6, 6.07) is 0. The number of carbonyl (C=O) groups is 3. The van der Waals surface area contributed by atoms with Crippen LogP contribution >= 0.6 is 0 Å². The molecule has 1 aliphatic heterocycles. The van der Waals surface area contributed by atoms with Crippen molar-refractivity contribution >= 4 is 18.2 Å². The molecule has 0 aliphatic carbocycles. The second-order valence-electron chi connectivity index (χ2n) is 7.61. The van der Waals surface area contributed by atoms with Gasteiger partial charge in [0.25, 0.3) is 0 Å². The molecule has 0 radical (unpaired) electrons. The van der Waals surface area contributed by atoms with Gasteiger partial charge in [-0.2, -0.15) is 0 Å². The highest BCUT2D eigenvalue weighted by Crippen LogP contribution is 2.30. The highest BCUT2D eigenvalue weighted by Gasteiger charge is 2.43. The fourth-order valence-corrected chi connectivity index (χ4v) is 3.17. The molecule has 0 aromatic heterocycles. The molecule has 2 N–H and O–H groups in total. The first-order chi connectivity index (χ1) is 12.0. The number of rotatable bonds is 6. The van der Waals surface area contributed by atoms with Gasteiger partial charge in [-0.1, -0.05) is 6.08 Å². The third kappa shape index (κ3) is 6.24. The van der Waals surface area contributed by atoms with Crippen molar-refractivity contribution in [1.82, 2.24) is 10.2 Å². The second-order valence-corrected chi connectivity index (χ2v) is 7.61. The Hall–Kier alpha value is -2.25. The molecule has 0 saturated carbocycles. The lowest BCUT2D eigenvalue weighted by molar-refractivity contribution is -0.149. The molecule has 1 heterocycles. The first kappa shape index (κ1) is 21.8. The first-order valence-corrected chi connectivity index (χ1v) is 8.71. The minimum absolute atomic E-state index is 0.0691. The topological polar surface area (TPSA) is 105 Å². The summed E-state index contributed by atoms with van der Waals surface area (Å²) in [5, 5.41) is 11.7. The Kier molecular flexibility index (Phi) is 7.47. The molecular formula is C18H30N2O6. The van der Waals surface area contributed by atoms with Gasteiger partial charge >= 0.3 is 18.2 Å². The summed E-state index contributed by atoms with van der Waals surface area (Å²) >= 11 is 0. The Labute approximate surface area is 154 Å². The number of amides is 2. The van der Waals surface area contributed by atoms with Crippen LogP contribution in [-0.4, -0.2) is 59.5 Å². The fourth-order valence-electron chi connectivity index (χ4n) is 3.17. The van der Waals surface area contributed by atoms with E-state index in [1.54, 1.807) is 26.8 Å². The molecule has 0 aromatic rings. The number of methoxy groups -OCH3 is 1. The van der Waals surface area contributed by atoms with Crippen molar-refractivity contribution in [2.24, 2.45) is 5.92 Å². The summed E-state index contributed by atoms with van der Waals surface area (Å²) in [6.07, 6.45) is 1.65. The first-order valence-electron chi connectivity index (χ1n) is 8.71. The summed E-state index contributed by atoms with van der Waals surface area (Å²) in [5.41, 5.74) is -1.98. The molecule has 1 fully saturated rings. The van der Waals surface area contributed by atoms with Gasteiger partial charge in [0.1, 0.15) is 11.1 Å². The van der Waals surface area contributed by atoms with Crippen molar-refractivity contribution in [3.63, 3.8) is 0 Å². The third-order valence-electron chi connectivity index (χ3n) is 4.33. The molecule has 0 unspecified atom stereocenters. The summed E-state index contributed by atoms with van der Waals surface area (Å²) in [5.74, 6) is -0.497. The van der Waals surface area contributed by atoms with Crippen LogP contribution in [0.2, 0.25) is 0 Å². The highest BCUT2D eigenvalue weighted by molar-refractivity contribution is 5.86. The van der Waals surface area contributed by atoms with E-state index in [-0.39, 0.29) is 12.3 Å². The van der Waals surface area contributed by atoms with Crippen molar-refractivity contribution in [1.29, 1.82) is 0 Å². The van der Waals surface area contributed by atoms with E-state index in [1.165, 1.54) is 12.0 Å². The predicted octanol–water partition coefficient (Wildman–Crippen LogP) is 2.78. The van der Waals surface area contributed by atoms with Gasteiger partial charge in [0.05, 0.1) is 7.11 Å². The Morgan fingerprint density at radius 3 is 2.27 bits per heavy atom. The number of piperidine rings is 1. The number of carboxylic acid groups (broad SMARTS) is 1.